The molecule has 0 aliphatic heterocycles. The molecule has 7 nitrogen and oxygen atoms in total. The van der Waals surface area contributed by atoms with E-state index in [1.165, 1.54) is 24.3 Å². The molecule has 1 aromatic heterocycles. The average Bonchev–Trinajstić information content (AvgIpc) is 2.93. The summed E-state index contributed by atoms with van der Waals surface area (Å²) in [6, 6.07) is 7.79. The summed E-state index contributed by atoms with van der Waals surface area (Å²) in [6.45, 7) is 3.34. The van der Waals surface area contributed by atoms with Crippen LogP contribution < -0.4 is 10.0 Å². The summed E-state index contributed by atoms with van der Waals surface area (Å²) in [6.07, 6.45) is 0. The van der Waals surface area contributed by atoms with Gasteiger partial charge in [0.15, 0.2) is 0 Å². The maximum atomic E-state index is 13.7. The number of rotatable bonds is 5. The molecule has 0 unspecified atom stereocenters. The number of amides is 1. The Bertz CT molecular complexity index is 1140. The van der Waals surface area contributed by atoms with E-state index in [1.807, 2.05) is 0 Å². The van der Waals surface area contributed by atoms with Crippen LogP contribution in [0.2, 0.25) is 0 Å². The molecule has 10 heteroatoms. The van der Waals surface area contributed by atoms with Crippen LogP contribution in [0.15, 0.2) is 51.9 Å². The zero-order valence-corrected chi connectivity index (χ0v) is 15.6. The first-order valence-electron chi connectivity index (χ1n) is 7.99. The van der Waals surface area contributed by atoms with Crippen LogP contribution in [0.4, 0.5) is 20.4 Å². The van der Waals surface area contributed by atoms with Crippen LogP contribution >= 0.6 is 0 Å². The largest absolute Gasteiger partial charge is 0.337 e. The third-order valence-corrected chi connectivity index (χ3v) is 5.33. The van der Waals surface area contributed by atoms with Crippen molar-refractivity contribution in [2.24, 2.45) is 0 Å². The van der Waals surface area contributed by atoms with E-state index in [0.717, 1.165) is 12.1 Å². The van der Waals surface area contributed by atoms with E-state index in [0.29, 0.717) is 17.3 Å². The van der Waals surface area contributed by atoms with Gasteiger partial charge < -0.3 is 9.84 Å². The number of benzene rings is 2. The number of hydrogen-bond donors (Lipinski definition) is 2. The molecule has 0 atom stereocenters. The van der Waals surface area contributed by atoms with Crippen molar-refractivity contribution < 1.29 is 26.5 Å². The molecule has 2 aromatic carbocycles. The normalized spacial score (nSPS) is 11.3. The predicted molar refractivity (Wildman–Crippen MR) is 97.5 cm³/mol. The number of nitrogens with zero attached hydrogens (tertiary/aromatic N) is 1. The fraction of sp³-hybridized carbons (Fsp3) is 0.111. The van der Waals surface area contributed by atoms with Crippen molar-refractivity contribution in [1.29, 1.82) is 0 Å². The Labute approximate surface area is 159 Å². The minimum Gasteiger partial charge on any atom is -0.337 e. The molecule has 1 heterocycles. The molecule has 0 aliphatic carbocycles. The maximum Gasteiger partial charge on any atom is 0.264 e. The van der Waals surface area contributed by atoms with E-state index in [-0.39, 0.29) is 22.0 Å². The number of aromatic nitrogens is 1. The summed E-state index contributed by atoms with van der Waals surface area (Å²) in [5, 5.41) is 6.09. The topological polar surface area (TPSA) is 101 Å². The number of halogens is 2. The maximum absolute atomic E-state index is 13.7. The molecule has 28 heavy (non-hydrogen) atoms. The highest BCUT2D eigenvalue weighted by molar-refractivity contribution is 7.92. The summed E-state index contributed by atoms with van der Waals surface area (Å²) in [5.41, 5.74) is 1.02. The fourth-order valence-corrected chi connectivity index (χ4v) is 3.33. The molecule has 3 aromatic rings. The molecule has 0 spiro atoms. The van der Waals surface area contributed by atoms with Crippen molar-refractivity contribution in [2.75, 3.05) is 10.0 Å². The van der Waals surface area contributed by atoms with Crippen molar-refractivity contribution >= 4 is 27.5 Å². The Kier molecular flexibility index (Phi) is 5.14. The average molecular weight is 407 g/mol. The lowest BCUT2D eigenvalue weighted by molar-refractivity contribution is 0.102. The van der Waals surface area contributed by atoms with Crippen LogP contribution in [0.3, 0.4) is 0 Å². The van der Waals surface area contributed by atoms with Crippen LogP contribution in [-0.2, 0) is 10.0 Å². The minimum atomic E-state index is -3.93. The second kappa shape index (κ2) is 7.39. The summed E-state index contributed by atoms with van der Waals surface area (Å²) in [7, 11) is -3.93. The van der Waals surface area contributed by atoms with Crippen molar-refractivity contribution in [2.45, 2.75) is 18.7 Å². The van der Waals surface area contributed by atoms with Gasteiger partial charge in [-0.25, -0.2) is 21.9 Å². The first-order chi connectivity index (χ1) is 13.2. The monoisotopic (exact) mass is 407 g/mol. The Balaban J connectivity index is 1.75. The van der Waals surface area contributed by atoms with Gasteiger partial charge in [-0.2, -0.15) is 0 Å². The number of hydrogen-bond acceptors (Lipinski definition) is 5. The Morgan fingerprint density at radius 1 is 1.07 bits per heavy atom. The van der Waals surface area contributed by atoms with E-state index < -0.39 is 27.6 Å². The number of sulfonamides is 1. The predicted octanol–water partition coefficient (Wildman–Crippen LogP) is 3.62. The highest BCUT2D eigenvalue weighted by Crippen LogP contribution is 2.23. The standard InChI is InChI=1S/C18H15F2N3O4S/c1-10-11(2)22-27-18(10)23-28(25,26)14-6-4-13(5-7-14)21-17(24)15-8-3-12(19)9-16(15)20/h3-9,23H,1-2H3,(H,21,24). The minimum absolute atomic E-state index is 0.0154. The highest BCUT2D eigenvalue weighted by atomic mass is 32.2. The molecule has 3 rings (SSSR count). The van der Waals surface area contributed by atoms with E-state index in [1.54, 1.807) is 13.8 Å². The molecular weight excluding hydrogens is 392 g/mol. The molecule has 0 aliphatic rings. The van der Waals surface area contributed by atoms with Gasteiger partial charge in [-0.3, -0.25) is 4.79 Å². The third-order valence-electron chi connectivity index (χ3n) is 3.98. The molecule has 1 amide bonds. The van der Waals surface area contributed by atoms with Gasteiger partial charge in [0.25, 0.3) is 15.9 Å². The van der Waals surface area contributed by atoms with Gasteiger partial charge in [0.2, 0.25) is 5.88 Å². The van der Waals surface area contributed by atoms with Crippen LogP contribution in [0, 0.1) is 25.5 Å². The zero-order chi connectivity index (χ0) is 20.5. The van der Waals surface area contributed by atoms with E-state index in [2.05, 4.69) is 15.2 Å². The van der Waals surface area contributed by atoms with Gasteiger partial charge in [0, 0.05) is 17.3 Å². The second-order valence-corrected chi connectivity index (χ2v) is 7.61. The quantitative estimate of drug-likeness (QED) is 0.673. The Morgan fingerprint density at radius 2 is 1.75 bits per heavy atom. The number of carbonyl (C=O) groups is 1. The molecule has 0 fully saturated rings. The fourth-order valence-electron chi connectivity index (χ4n) is 2.28. The summed E-state index contributed by atoms with van der Waals surface area (Å²) in [4.78, 5) is 12.0. The van der Waals surface area contributed by atoms with Crippen LogP contribution in [0.25, 0.3) is 0 Å². The Morgan fingerprint density at radius 3 is 2.32 bits per heavy atom. The zero-order valence-electron chi connectivity index (χ0n) is 14.8. The third kappa shape index (κ3) is 4.01. The van der Waals surface area contributed by atoms with Gasteiger partial charge in [0.05, 0.1) is 16.2 Å². The lowest BCUT2D eigenvalue weighted by Gasteiger charge is -2.09. The van der Waals surface area contributed by atoms with Crippen molar-refractivity contribution in [3.8, 4) is 0 Å². The SMILES string of the molecule is Cc1noc(NS(=O)(=O)c2ccc(NC(=O)c3ccc(F)cc3F)cc2)c1C. The number of nitrogens with one attached hydrogen (secondary N) is 2. The molecular formula is C18H15F2N3O4S. The molecule has 0 radical (unpaired) electrons. The van der Waals surface area contributed by atoms with Crippen molar-refractivity contribution in [3.05, 3.63) is 70.9 Å². The lowest BCUT2D eigenvalue weighted by atomic mass is 10.2. The van der Waals surface area contributed by atoms with Gasteiger partial charge in [0.1, 0.15) is 11.6 Å². The number of aryl methyl sites for hydroxylation is 1. The molecule has 0 bridgehead atoms. The molecule has 0 saturated carbocycles. The number of carbonyl (C=O) groups excluding carboxylic acids is 1. The van der Waals surface area contributed by atoms with Crippen LogP contribution in [0.1, 0.15) is 21.6 Å². The second-order valence-electron chi connectivity index (χ2n) is 5.93. The molecule has 146 valence electrons. The van der Waals surface area contributed by atoms with E-state index in [4.69, 9.17) is 4.52 Å². The van der Waals surface area contributed by atoms with Crippen molar-refractivity contribution in [1.82, 2.24) is 5.16 Å². The van der Waals surface area contributed by atoms with E-state index >= 15 is 0 Å². The van der Waals surface area contributed by atoms with Gasteiger partial charge >= 0.3 is 0 Å². The van der Waals surface area contributed by atoms with Gasteiger partial charge in [-0.15, -0.1) is 0 Å². The lowest BCUT2D eigenvalue weighted by Crippen LogP contribution is -2.15. The summed E-state index contributed by atoms with van der Waals surface area (Å²) >= 11 is 0. The summed E-state index contributed by atoms with van der Waals surface area (Å²) < 4.78 is 58.7. The molecule has 2 N–H and O–H groups in total. The molecule has 0 saturated heterocycles. The first-order valence-corrected chi connectivity index (χ1v) is 9.48. The first kappa shape index (κ1) is 19.5. The number of anilines is 2. The van der Waals surface area contributed by atoms with Crippen LogP contribution in [0.5, 0.6) is 0 Å². The smallest absolute Gasteiger partial charge is 0.264 e. The van der Waals surface area contributed by atoms with Gasteiger partial charge in [-0.1, -0.05) is 5.16 Å². The summed E-state index contributed by atoms with van der Waals surface area (Å²) in [5.74, 6) is -2.58. The Hall–Kier alpha value is -3.27. The van der Waals surface area contributed by atoms with E-state index in [9.17, 15) is 22.0 Å². The van der Waals surface area contributed by atoms with Crippen molar-refractivity contribution in [3.63, 3.8) is 0 Å². The van der Waals surface area contributed by atoms with Gasteiger partial charge in [-0.05, 0) is 50.2 Å². The highest BCUT2D eigenvalue weighted by Gasteiger charge is 2.19. The van der Waals surface area contributed by atoms with Crippen LogP contribution in [-0.4, -0.2) is 19.5 Å².